The number of aryl methyl sites for hydroxylation is 2. The van der Waals surface area contributed by atoms with E-state index in [-0.39, 0.29) is 4.90 Å². The quantitative estimate of drug-likeness (QED) is 0.829. The van der Waals surface area contributed by atoms with E-state index < -0.39 is 10.0 Å². The molecule has 0 fully saturated rings. The molecule has 2 aromatic rings. The molecule has 6 heteroatoms. The summed E-state index contributed by atoms with van der Waals surface area (Å²) in [5, 5.41) is 0. The average molecular weight is 355 g/mol. The Morgan fingerprint density at radius 2 is 1.80 bits per heavy atom. The first kappa shape index (κ1) is 14.9. The van der Waals surface area contributed by atoms with Gasteiger partial charge in [-0.3, -0.25) is 4.72 Å². The van der Waals surface area contributed by atoms with Gasteiger partial charge in [-0.05, 0) is 71.2 Å². The fraction of sp³-hybridized carbons (Fsp3) is 0.143. The van der Waals surface area contributed by atoms with E-state index in [1.807, 2.05) is 19.1 Å². The molecule has 0 spiro atoms. The van der Waals surface area contributed by atoms with Gasteiger partial charge in [-0.2, -0.15) is 0 Å². The Bertz CT molecular complexity index is 758. The van der Waals surface area contributed by atoms with Crippen molar-refractivity contribution in [2.24, 2.45) is 0 Å². The predicted molar refractivity (Wildman–Crippen MR) is 85.3 cm³/mol. The number of hydrogen-bond acceptors (Lipinski definition) is 3. The molecule has 106 valence electrons. The van der Waals surface area contributed by atoms with Gasteiger partial charge in [-0.25, -0.2) is 8.42 Å². The zero-order chi connectivity index (χ0) is 14.9. The maximum absolute atomic E-state index is 12.4. The van der Waals surface area contributed by atoms with Crippen molar-refractivity contribution in [2.75, 3.05) is 10.5 Å². The van der Waals surface area contributed by atoms with Crippen LogP contribution in [-0.4, -0.2) is 8.42 Å². The maximum Gasteiger partial charge on any atom is 0.262 e. The van der Waals surface area contributed by atoms with Crippen LogP contribution in [-0.2, 0) is 10.0 Å². The van der Waals surface area contributed by atoms with Crippen molar-refractivity contribution in [2.45, 2.75) is 18.7 Å². The van der Waals surface area contributed by atoms with Crippen molar-refractivity contribution in [1.29, 1.82) is 0 Å². The number of nitrogens with one attached hydrogen (secondary N) is 1. The summed E-state index contributed by atoms with van der Waals surface area (Å²) in [5.74, 6) is 0. The molecule has 0 aromatic heterocycles. The van der Waals surface area contributed by atoms with Gasteiger partial charge in [-0.1, -0.05) is 6.07 Å². The summed E-state index contributed by atoms with van der Waals surface area (Å²) in [6.07, 6.45) is 0. The summed E-state index contributed by atoms with van der Waals surface area (Å²) in [5.41, 5.74) is 8.28. The average Bonchev–Trinajstić information content (AvgIpc) is 2.33. The molecule has 0 unspecified atom stereocenters. The van der Waals surface area contributed by atoms with Crippen molar-refractivity contribution in [1.82, 2.24) is 0 Å². The molecule has 20 heavy (non-hydrogen) atoms. The van der Waals surface area contributed by atoms with Gasteiger partial charge in [0.2, 0.25) is 0 Å². The van der Waals surface area contributed by atoms with Crippen LogP contribution in [0.3, 0.4) is 0 Å². The highest BCUT2D eigenvalue weighted by molar-refractivity contribution is 9.10. The van der Waals surface area contributed by atoms with Gasteiger partial charge in [-0.15, -0.1) is 0 Å². The fourth-order valence-corrected chi connectivity index (χ4v) is 3.67. The largest absolute Gasteiger partial charge is 0.399 e. The van der Waals surface area contributed by atoms with Crippen LogP contribution in [0.1, 0.15) is 11.1 Å². The minimum atomic E-state index is -3.64. The molecule has 0 aliphatic heterocycles. The van der Waals surface area contributed by atoms with Crippen molar-refractivity contribution >= 4 is 37.3 Å². The molecule has 4 nitrogen and oxygen atoms in total. The second-order valence-corrected chi connectivity index (χ2v) is 7.12. The zero-order valence-electron chi connectivity index (χ0n) is 11.1. The highest BCUT2D eigenvalue weighted by Crippen LogP contribution is 2.27. The van der Waals surface area contributed by atoms with Crippen LogP contribution in [0.15, 0.2) is 45.8 Å². The molecule has 0 aliphatic rings. The molecule has 2 aromatic carbocycles. The molecule has 0 atom stereocenters. The van der Waals surface area contributed by atoms with Crippen LogP contribution < -0.4 is 10.5 Å². The highest BCUT2D eigenvalue weighted by atomic mass is 79.9. The summed E-state index contributed by atoms with van der Waals surface area (Å²) in [7, 11) is -3.64. The number of halogens is 1. The van der Waals surface area contributed by atoms with Gasteiger partial charge in [0.15, 0.2) is 0 Å². The van der Waals surface area contributed by atoms with Gasteiger partial charge >= 0.3 is 0 Å². The molecule has 0 radical (unpaired) electrons. The normalized spacial score (nSPS) is 11.3. The first-order valence-corrected chi connectivity index (χ1v) is 8.22. The minimum absolute atomic E-state index is 0.222. The molecule has 0 saturated heterocycles. The summed E-state index contributed by atoms with van der Waals surface area (Å²) in [4.78, 5) is 0.222. The summed E-state index contributed by atoms with van der Waals surface area (Å²) in [6, 6.07) is 10.2. The van der Waals surface area contributed by atoms with E-state index in [1.54, 1.807) is 25.1 Å². The lowest BCUT2D eigenvalue weighted by molar-refractivity contribution is 0.600. The lowest BCUT2D eigenvalue weighted by atomic mass is 10.2. The Kier molecular flexibility index (Phi) is 4.06. The van der Waals surface area contributed by atoms with Gasteiger partial charge in [0.05, 0.1) is 10.6 Å². The third-order valence-electron chi connectivity index (χ3n) is 2.85. The van der Waals surface area contributed by atoms with Crippen molar-refractivity contribution in [3.63, 3.8) is 0 Å². The van der Waals surface area contributed by atoms with E-state index in [1.165, 1.54) is 6.07 Å². The smallest absolute Gasteiger partial charge is 0.262 e. The van der Waals surface area contributed by atoms with E-state index in [9.17, 15) is 8.42 Å². The van der Waals surface area contributed by atoms with Gasteiger partial charge in [0, 0.05) is 10.2 Å². The van der Waals surface area contributed by atoms with E-state index in [0.717, 1.165) is 5.56 Å². The first-order valence-electron chi connectivity index (χ1n) is 5.95. The van der Waals surface area contributed by atoms with E-state index >= 15 is 0 Å². The lowest BCUT2D eigenvalue weighted by Crippen LogP contribution is -2.14. The number of nitrogen functional groups attached to an aromatic ring is 1. The molecular weight excluding hydrogens is 340 g/mol. The Balaban J connectivity index is 2.43. The molecule has 3 N–H and O–H groups in total. The summed E-state index contributed by atoms with van der Waals surface area (Å²) >= 11 is 3.34. The number of benzene rings is 2. The van der Waals surface area contributed by atoms with Crippen LogP contribution in [0.25, 0.3) is 0 Å². The molecule has 0 bridgehead atoms. The number of anilines is 2. The lowest BCUT2D eigenvalue weighted by Gasteiger charge is -2.12. The van der Waals surface area contributed by atoms with Crippen LogP contribution in [0, 0.1) is 13.8 Å². The SMILES string of the molecule is Cc1ccc(Br)c(NS(=O)(=O)c2ccc(N)cc2C)c1. The minimum Gasteiger partial charge on any atom is -0.399 e. The fourth-order valence-electron chi connectivity index (χ4n) is 1.89. The molecule has 0 aliphatic carbocycles. The van der Waals surface area contributed by atoms with E-state index in [0.29, 0.717) is 21.4 Å². The number of nitrogens with two attached hydrogens (primary N) is 1. The highest BCUT2D eigenvalue weighted by Gasteiger charge is 2.18. The van der Waals surface area contributed by atoms with E-state index in [4.69, 9.17) is 5.73 Å². The van der Waals surface area contributed by atoms with Crippen LogP contribution in [0.5, 0.6) is 0 Å². The third-order valence-corrected chi connectivity index (χ3v) is 5.07. The number of sulfonamides is 1. The molecule has 0 amide bonds. The topological polar surface area (TPSA) is 72.2 Å². The van der Waals surface area contributed by atoms with Crippen LogP contribution in [0.4, 0.5) is 11.4 Å². The summed E-state index contributed by atoms with van der Waals surface area (Å²) < 4.78 is 28.1. The Hall–Kier alpha value is -1.53. The molecule has 0 saturated carbocycles. The second-order valence-electron chi connectivity index (χ2n) is 4.61. The maximum atomic E-state index is 12.4. The Morgan fingerprint density at radius 3 is 2.45 bits per heavy atom. The third kappa shape index (κ3) is 3.13. The van der Waals surface area contributed by atoms with Gasteiger partial charge in [0.25, 0.3) is 10.0 Å². The van der Waals surface area contributed by atoms with Gasteiger partial charge < -0.3 is 5.73 Å². The molecule has 0 heterocycles. The van der Waals surface area contributed by atoms with Crippen molar-refractivity contribution in [3.8, 4) is 0 Å². The number of rotatable bonds is 3. The van der Waals surface area contributed by atoms with Crippen molar-refractivity contribution < 1.29 is 8.42 Å². The van der Waals surface area contributed by atoms with E-state index in [2.05, 4.69) is 20.7 Å². The summed E-state index contributed by atoms with van der Waals surface area (Å²) in [6.45, 7) is 3.62. The standard InChI is InChI=1S/C14H15BrN2O2S/c1-9-3-5-12(15)13(7-9)17-20(18,19)14-6-4-11(16)8-10(14)2/h3-8,17H,16H2,1-2H3. The second kappa shape index (κ2) is 5.46. The first-order chi connectivity index (χ1) is 9.29. The Morgan fingerprint density at radius 1 is 1.10 bits per heavy atom. The van der Waals surface area contributed by atoms with Gasteiger partial charge in [0.1, 0.15) is 0 Å². The number of hydrogen-bond donors (Lipinski definition) is 2. The van der Waals surface area contributed by atoms with Crippen molar-refractivity contribution in [3.05, 3.63) is 52.0 Å². The molecule has 2 rings (SSSR count). The zero-order valence-corrected chi connectivity index (χ0v) is 13.5. The van der Waals surface area contributed by atoms with Crippen LogP contribution >= 0.6 is 15.9 Å². The van der Waals surface area contributed by atoms with Crippen LogP contribution in [0.2, 0.25) is 0 Å². The Labute approximate surface area is 127 Å². The monoisotopic (exact) mass is 354 g/mol. The molecular formula is C14H15BrN2O2S. The predicted octanol–water partition coefficient (Wildman–Crippen LogP) is 3.45.